The van der Waals surface area contributed by atoms with Gasteiger partial charge >= 0.3 is 0 Å². The van der Waals surface area contributed by atoms with Gasteiger partial charge in [-0.2, -0.15) is 9.97 Å². The normalized spacial score (nSPS) is 23.2. The number of hydrogen-bond donors (Lipinski definition) is 3. The number of anilines is 2. The molecule has 3 heterocycles. The summed E-state index contributed by atoms with van der Waals surface area (Å²) in [7, 11) is 0. The molecule has 2 unspecified atom stereocenters. The van der Waals surface area contributed by atoms with Crippen LogP contribution in [0.15, 0.2) is 41.7 Å². The zero-order valence-corrected chi connectivity index (χ0v) is 17.6. The number of amides is 1. The Morgan fingerprint density at radius 3 is 2.94 bits per heavy atom. The Bertz CT molecular complexity index is 1310. The number of benzene rings is 1. The average Bonchev–Trinajstić information content (AvgIpc) is 3.18. The average molecular weight is 429 g/mol. The number of aliphatic hydroxyl groups excluding tert-OH is 1. The van der Waals surface area contributed by atoms with Crippen molar-refractivity contribution in [1.29, 1.82) is 0 Å². The molecule has 1 fully saturated rings. The summed E-state index contributed by atoms with van der Waals surface area (Å²) < 4.78 is 2.00. The fraction of sp³-hybridized carbons (Fsp3) is 0.348. The maximum atomic E-state index is 12.6. The molecule has 9 heteroatoms. The van der Waals surface area contributed by atoms with E-state index in [9.17, 15) is 9.90 Å². The molecule has 0 radical (unpaired) electrons. The van der Waals surface area contributed by atoms with Gasteiger partial charge in [0.25, 0.3) is 11.9 Å². The van der Waals surface area contributed by atoms with Gasteiger partial charge in [0.05, 0.1) is 18.1 Å². The molecule has 1 saturated carbocycles. The minimum Gasteiger partial charge on any atom is -0.396 e. The fourth-order valence-electron chi connectivity index (χ4n) is 4.29. The molecule has 0 saturated heterocycles. The number of imidazole rings is 1. The number of aromatic nitrogens is 4. The van der Waals surface area contributed by atoms with E-state index in [1.807, 2.05) is 35.8 Å². The van der Waals surface area contributed by atoms with E-state index in [-0.39, 0.29) is 30.4 Å². The molecule has 2 atom stereocenters. The van der Waals surface area contributed by atoms with Gasteiger partial charge in [-0.3, -0.25) is 4.79 Å². The lowest BCUT2D eigenvalue weighted by molar-refractivity contribution is -0.110. The standard InChI is InChI=1S/C23H23N7O2/c1-12-2-7-17-16(8-12)18(22(32)26-17)27-23-28-20(25-14-4-5-14)19-21(29-23)30(11-24-19)15-6-3-13(9-15)10-31/h2-3,6-8,11,13-15,31H,4-5,9-10H2,1H3,(H2,25,26,27,28,29,32). The number of carbonyl (C=O) groups excluding carboxylic acids is 1. The van der Waals surface area contributed by atoms with E-state index in [2.05, 4.69) is 31.7 Å². The Balaban J connectivity index is 1.47. The molecule has 162 valence electrons. The van der Waals surface area contributed by atoms with Gasteiger partial charge in [-0.15, -0.1) is 0 Å². The van der Waals surface area contributed by atoms with Crippen molar-refractivity contribution in [3.63, 3.8) is 0 Å². The number of carbonyl (C=O) groups is 1. The molecule has 6 rings (SSSR count). The summed E-state index contributed by atoms with van der Waals surface area (Å²) in [6, 6.07) is 6.21. The molecular weight excluding hydrogens is 406 g/mol. The van der Waals surface area contributed by atoms with Crippen LogP contribution in [-0.4, -0.2) is 48.9 Å². The quantitative estimate of drug-likeness (QED) is 0.537. The van der Waals surface area contributed by atoms with Crippen molar-refractivity contribution in [3.8, 4) is 0 Å². The van der Waals surface area contributed by atoms with Gasteiger partial charge in [0, 0.05) is 24.1 Å². The number of aryl methyl sites for hydroxylation is 1. The molecule has 2 aromatic heterocycles. The predicted molar refractivity (Wildman–Crippen MR) is 121 cm³/mol. The Kier molecular flexibility index (Phi) is 4.32. The first kappa shape index (κ1) is 19.1. The molecule has 32 heavy (non-hydrogen) atoms. The predicted octanol–water partition coefficient (Wildman–Crippen LogP) is 2.89. The second-order valence-corrected chi connectivity index (χ2v) is 8.71. The molecular formula is C23H23N7O2. The van der Waals surface area contributed by atoms with Crippen molar-refractivity contribution in [2.45, 2.75) is 38.3 Å². The van der Waals surface area contributed by atoms with Crippen LogP contribution in [0.4, 0.5) is 17.5 Å². The highest BCUT2D eigenvalue weighted by Gasteiger charge is 2.29. The number of nitrogens with zero attached hydrogens (tertiary/aromatic N) is 5. The number of aliphatic hydroxyl groups is 1. The third-order valence-corrected chi connectivity index (χ3v) is 6.17. The summed E-state index contributed by atoms with van der Waals surface area (Å²) in [6.07, 6.45) is 8.85. The molecule has 1 aromatic carbocycles. The van der Waals surface area contributed by atoms with E-state index in [0.29, 0.717) is 28.7 Å². The third-order valence-electron chi connectivity index (χ3n) is 6.17. The first-order chi connectivity index (χ1) is 15.6. The highest BCUT2D eigenvalue weighted by Crippen LogP contribution is 2.34. The summed E-state index contributed by atoms with van der Waals surface area (Å²) in [5.74, 6) is 0.732. The Morgan fingerprint density at radius 2 is 2.16 bits per heavy atom. The number of fused-ring (bicyclic) bond motifs is 2. The van der Waals surface area contributed by atoms with Crippen LogP contribution in [-0.2, 0) is 4.79 Å². The van der Waals surface area contributed by atoms with E-state index in [0.717, 1.165) is 36.1 Å². The zero-order chi connectivity index (χ0) is 21.8. The first-order valence-corrected chi connectivity index (χ1v) is 10.9. The maximum absolute atomic E-state index is 12.6. The number of aliphatic imine (C=N–C) groups is 1. The first-order valence-electron chi connectivity index (χ1n) is 10.9. The summed E-state index contributed by atoms with van der Waals surface area (Å²) >= 11 is 0. The molecule has 3 aromatic rings. The minimum atomic E-state index is -0.260. The van der Waals surface area contributed by atoms with Crippen molar-refractivity contribution in [3.05, 3.63) is 47.8 Å². The third kappa shape index (κ3) is 3.25. The summed E-state index contributed by atoms with van der Waals surface area (Å²) in [5.41, 5.74) is 4.21. The molecule has 0 spiro atoms. The van der Waals surface area contributed by atoms with Gasteiger partial charge in [0.2, 0.25) is 0 Å². The molecule has 1 amide bonds. The second kappa shape index (κ2) is 7.23. The van der Waals surface area contributed by atoms with Crippen molar-refractivity contribution >= 4 is 40.2 Å². The molecule has 9 nitrogen and oxygen atoms in total. The summed E-state index contributed by atoms with van der Waals surface area (Å²) in [4.78, 5) is 31.1. The fourth-order valence-corrected chi connectivity index (χ4v) is 4.29. The monoisotopic (exact) mass is 429 g/mol. The van der Waals surface area contributed by atoms with E-state index >= 15 is 0 Å². The molecule has 3 aliphatic rings. The van der Waals surface area contributed by atoms with Gasteiger partial charge in [-0.25, -0.2) is 9.98 Å². The van der Waals surface area contributed by atoms with Crippen LogP contribution in [0.3, 0.4) is 0 Å². The van der Waals surface area contributed by atoms with Crippen LogP contribution in [0, 0.1) is 12.8 Å². The molecule has 0 bridgehead atoms. The van der Waals surface area contributed by atoms with Crippen LogP contribution in [0.5, 0.6) is 0 Å². The van der Waals surface area contributed by atoms with Gasteiger partial charge in [0.1, 0.15) is 5.71 Å². The number of allylic oxidation sites excluding steroid dienone is 1. The SMILES string of the molecule is Cc1ccc2c(c1)C(=Nc1nc(NC3CC3)c3ncn(C4C=CC(CO)C4)c3n1)C(=O)N2. The van der Waals surface area contributed by atoms with Gasteiger partial charge in [0.15, 0.2) is 17.0 Å². The van der Waals surface area contributed by atoms with Gasteiger partial charge in [-0.1, -0.05) is 23.8 Å². The van der Waals surface area contributed by atoms with Gasteiger partial charge < -0.3 is 20.3 Å². The van der Waals surface area contributed by atoms with Crippen LogP contribution in [0.1, 0.15) is 36.4 Å². The lowest BCUT2D eigenvalue weighted by Gasteiger charge is -2.13. The van der Waals surface area contributed by atoms with E-state index < -0.39 is 0 Å². The van der Waals surface area contributed by atoms with Crippen LogP contribution in [0.2, 0.25) is 0 Å². The largest absolute Gasteiger partial charge is 0.396 e. The lowest BCUT2D eigenvalue weighted by Crippen LogP contribution is -2.14. The smallest absolute Gasteiger partial charge is 0.275 e. The van der Waals surface area contributed by atoms with Crippen molar-refractivity contribution in [1.82, 2.24) is 19.5 Å². The van der Waals surface area contributed by atoms with E-state index in [1.54, 1.807) is 6.33 Å². The zero-order valence-electron chi connectivity index (χ0n) is 17.6. The van der Waals surface area contributed by atoms with Crippen molar-refractivity contribution in [2.75, 3.05) is 17.2 Å². The van der Waals surface area contributed by atoms with E-state index in [4.69, 9.17) is 4.98 Å². The highest BCUT2D eigenvalue weighted by atomic mass is 16.3. The molecule has 3 N–H and O–H groups in total. The molecule has 2 aliphatic carbocycles. The summed E-state index contributed by atoms with van der Waals surface area (Å²) in [5, 5.41) is 15.8. The van der Waals surface area contributed by atoms with Crippen LogP contribution < -0.4 is 10.6 Å². The van der Waals surface area contributed by atoms with Crippen molar-refractivity contribution < 1.29 is 9.90 Å². The van der Waals surface area contributed by atoms with Crippen LogP contribution in [0.25, 0.3) is 11.2 Å². The maximum Gasteiger partial charge on any atom is 0.275 e. The highest BCUT2D eigenvalue weighted by molar-refractivity contribution is 6.54. The lowest BCUT2D eigenvalue weighted by atomic mass is 10.1. The Morgan fingerprint density at radius 1 is 1.28 bits per heavy atom. The number of hydrogen-bond acceptors (Lipinski definition) is 7. The second-order valence-electron chi connectivity index (χ2n) is 8.71. The Labute approximate surface area is 184 Å². The van der Waals surface area contributed by atoms with E-state index in [1.165, 1.54) is 0 Å². The summed E-state index contributed by atoms with van der Waals surface area (Å²) in [6.45, 7) is 2.10. The minimum absolute atomic E-state index is 0.0551. The van der Waals surface area contributed by atoms with Crippen LogP contribution >= 0.6 is 0 Å². The molecule has 1 aliphatic heterocycles. The van der Waals surface area contributed by atoms with Gasteiger partial charge in [-0.05, 0) is 38.3 Å². The number of rotatable bonds is 5. The topological polar surface area (TPSA) is 117 Å². The van der Waals surface area contributed by atoms with Crippen molar-refractivity contribution in [2.24, 2.45) is 10.9 Å². The Hall–Kier alpha value is -3.59. The number of nitrogens with one attached hydrogen (secondary N) is 2.